The van der Waals surface area contributed by atoms with Gasteiger partial charge in [0.2, 0.25) is 0 Å². The van der Waals surface area contributed by atoms with Crippen molar-refractivity contribution in [1.29, 1.82) is 0 Å². The SMILES string of the molecule is CCOc1ccc(NCn2cncn2)cc1[N+](=O)[O-]. The van der Waals surface area contributed by atoms with Gasteiger partial charge < -0.3 is 10.1 Å². The van der Waals surface area contributed by atoms with Crippen molar-refractivity contribution in [3.63, 3.8) is 0 Å². The number of nitro groups is 1. The molecule has 1 heterocycles. The highest BCUT2D eigenvalue weighted by atomic mass is 16.6. The number of aromatic nitrogens is 3. The summed E-state index contributed by atoms with van der Waals surface area (Å²) in [7, 11) is 0. The highest BCUT2D eigenvalue weighted by molar-refractivity contribution is 5.58. The molecule has 0 aliphatic carbocycles. The molecule has 1 aromatic heterocycles. The fourth-order valence-electron chi connectivity index (χ4n) is 1.53. The molecule has 0 unspecified atom stereocenters. The predicted octanol–water partition coefficient (Wildman–Crippen LogP) is 1.65. The highest BCUT2D eigenvalue weighted by Gasteiger charge is 2.15. The Morgan fingerprint density at radius 3 is 3.00 bits per heavy atom. The minimum atomic E-state index is -0.467. The average molecular weight is 263 g/mol. The van der Waals surface area contributed by atoms with Gasteiger partial charge in [0.1, 0.15) is 19.3 Å². The number of anilines is 1. The van der Waals surface area contributed by atoms with E-state index in [4.69, 9.17) is 4.74 Å². The van der Waals surface area contributed by atoms with Gasteiger partial charge in [0, 0.05) is 11.8 Å². The summed E-state index contributed by atoms with van der Waals surface area (Å²) in [6.45, 7) is 2.54. The molecule has 8 nitrogen and oxygen atoms in total. The van der Waals surface area contributed by atoms with Crippen molar-refractivity contribution in [2.75, 3.05) is 11.9 Å². The fraction of sp³-hybridized carbons (Fsp3) is 0.273. The average Bonchev–Trinajstić information content (AvgIpc) is 2.91. The summed E-state index contributed by atoms with van der Waals surface area (Å²) in [5, 5.41) is 17.9. The zero-order valence-electron chi connectivity index (χ0n) is 10.3. The van der Waals surface area contributed by atoms with Crippen LogP contribution in [0.3, 0.4) is 0 Å². The fourth-order valence-corrected chi connectivity index (χ4v) is 1.53. The van der Waals surface area contributed by atoms with Gasteiger partial charge in [-0.25, -0.2) is 9.67 Å². The molecule has 2 rings (SSSR count). The van der Waals surface area contributed by atoms with Crippen molar-refractivity contribution in [2.24, 2.45) is 0 Å². The second-order valence-electron chi connectivity index (χ2n) is 3.64. The molecule has 0 saturated carbocycles. The van der Waals surface area contributed by atoms with Crippen LogP contribution in [0.5, 0.6) is 5.75 Å². The first kappa shape index (κ1) is 12.8. The molecule has 0 amide bonds. The first-order valence-corrected chi connectivity index (χ1v) is 5.68. The number of ether oxygens (including phenoxy) is 1. The van der Waals surface area contributed by atoms with E-state index in [1.54, 1.807) is 30.1 Å². The van der Waals surface area contributed by atoms with E-state index in [0.717, 1.165) is 0 Å². The van der Waals surface area contributed by atoms with Gasteiger partial charge in [-0.15, -0.1) is 0 Å². The molecule has 0 fully saturated rings. The van der Waals surface area contributed by atoms with Crippen LogP contribution >= 0.6 is 0 Å². The molecule has 1 N–H and O–H groups in total. The van der Waals surface area contributed by atoms with Gasteiger partial charge >= 0.3 is 5.69 Å². The Balaban J connectivity index is 2.13. The molecule has 0 spiro atoms. The Bertz CT molecular complexity index is 555. The van der Waals surface area contributed by atoms with Crippen LogP contribution in [0.4, 0.5) is 11.4 Å². The van der Waals surface area contributed by atoms with Crippen LogP contribution in [0.1, 0.15) is 6.92 Å². The van der Waals surface area contributed by atoms with Crippen LogP contribution in [-0.4, -0.2) is 26.3 Å². The summed E-state index contributed by atoms with van der Waals surface area (Å²) in [6, 6.07) is 4.72. The quantitative estimate of drug-likeness (QED) is 0.629. The van der Waals surface area contributed by atoms with Crippen LogP contribution in [0, 0.1) is 10.1 Å². The number of nitrogens with zero attached hydrogens (tertiary/aromatic N) is 4. The standard InChI is InChI=1S/C11H13N5O3/c1-2-19-11-4-3-9(5-10(11)16(17)18)13-8-15-7-12-6-14-15/h3-7,13H,2,8H2,1H3. The molecule has 1 aromatic carbocycles. The number of nitro benzene ring substituents is 1. The Morgan fingerprint density at radius 2 is 2.37 bits per heavy atom. The largest absolute Gasteiger partial charge is 0.487 e. The second kappa shape index (κ2) is 5.80. The van der Waals surface area contributed by atoms with E-state index in [1.807, 2.05) is 0 Å². The van der Waals surface area contributed by atoms with Crippen molar-refractivity contribution < 1.29 is 9.66 Å². The van der Waals surface area contributed by atoms with E-state index in [9.17, 15) is 10.1 Å². The third-order valence-corrected chi connectivity index (χ3v) is 2.37. The zero-order valence-corrected chi connectivity index (χ0v) is 10.3. The van der Waals surface area contributed by atoms with E-state index < -0.39 is 4.92 Å². The maximum absolute atomic E-state index is 11.0. The van der Waals surface area contributed by atoms with Crippen molar-refractivity contribution in [3.05, 3.63) is 41.0 Å². The lowest BCUT2D eigenvalue weighted by Gasteiger charge is -2.08. The summed E-state index contributed by atoms with van der Waals surface area (Å²) in [5.41, 5.74) is 0.552. The molecule has 0 atom stereocenters. The minimum absolute atomic E-state index is 0.0644. The van der Waals surface area contributed by atoms with Gasteiger partial charge in [0.15, 0.2) is 5.75 Å². The van der Waals surface area contributed by atoms with Crippen LogP contribution in [-0.2, 0) is 6.67 Å². The number of hydrogen-bond donors (Lipinski definition) is 1. The van der Waals surface area contributed by atoms with E-state index in [0.29, 0.717) is 19.0 Å². The molecule has 100 valence electrons. The molecule has 2 aromatic rings. The minimum Gasteiger partial charge on any atom is -0.487 e. The lowest BCUT2D eigenvalue weighted by molar-refractivity contribution is -0.385. The number of nitrogens with one attached hydrogen (secondary N) is 1. The number of hydrogen-bond acceptors (Lipinski definition) is 6. The Kier molecular flexibility index (Phi) is 3.91. The lowest BCUT2D eigenvalue weighted by Crippen LogP contribution is -2.08. The Hall–Kier alpha value is -2.64. The number of rotatable bonds is 6. The molecule has 19 heavy (non-hydrogen) atoms. The van der Waals surface area contributed by atoms with Crippen LogP contribution in [0.15, 0.2) is 30.9 Å². The van der Waals surface area contributed by atoms with Gasteiger partial charge in [-0.2, -0.15) is 5.10 Å². The van der Waals surface area contributed by atoms with Crippen molar-refractivity contribution in [2.45, 2.75) is 13.6 Å². The monoisotopic (exact) mass is 263 g/mol. The third-order valence-electron chi connectivity index (χ3n) is 2.37. The Labute approximate surface area is 109 Å². The third kappa shape index (κ3) is 3.18. The van der Waals surface area contributed by atoms with Crippen molar-refractivity contribution >= 4 is 11.4 Å². The van der Waals surface area contributed by atoms with Gasteiger partial charge in [-0.05, 0) is 19.1 Å². The maximum atomic E-state index is 11.0. The first-order chi connectivity index (χ1) is 9.20. The van der Waals surface area contributed by atoms with Crippen LogP contribution in [0.2, 0.25) is 0 Å². The predicted molar refractivity (Wildman–Crippen MR) is 67.9 cm³/mol. The molecular weight excluding hydrogens is 250 g/mol. The zero-order chi connectivity index (χ0) is 13.7. The van der Waals surface area contributed by atoms with Crippen molar-refractivity contribution in [1.82, 2.24) is 14.8 Å². The molecule has 0 aliphatic heterocycles. The molecular formula is C11H13N5O3. The smallest absolute Gasteiger partial charge is 0.312 e. The van der Waals surface area contributed by atoms with Gasteiger partial charge in [0.05, 0.1) is 11.5 Å². The van der Waals surface area contributed by atoms with E-state index in [-0.39, 0.29) is 11.4 Å². The van der Waals surface area contributed by atoms with E-state index in [1.165, 1.54) is 12.4 Å². The van der Waals surface area contributed by atoms with Crippen LogP contribution in [0.25, 0.3) is 0 Å². The molecule has 0 aliphatic rings. The van der Waals surface area contributed by atoms with Gasteiger partial charge in [-0.1, -0.05) is 0 Å². The lowest BCUT2D eigenvalue weighted by atomic mass is 10.2. The van der Waals surface area contributed by atoms with Gasteiger partial charge in [0.25, 0.3) is 0 Å². The molecule has 0 radical (unpaired) electrons. The molecule has 0 bridgehead atoms. The first-order valence-electron chi connectivity index (χ1n) is 5.68. The highest BCUT2D eigenvalue weighted by Crippen LogP contribution is 2.29. The summed E-state index contributed by atoms with van der Waals surface area (Å²) in [4.78, 5) is 14.3. The normalized spacial score (nSPS) is 10.2. The maximum Gasteiger partial charge on any atom is 0.312 e. The van der Waals surface area contributed by atoms with Crippen LogP contribution < -0.4 is 10.1 Å². The summed E-state index contributed by atoms with van der Waals surface area (Å²) >= 11 is 0. The van der Waals surface area contributed by atoms with Gasteiger partial charge in [-0.3, -0.25) is 10.1 Å². The molecule has 0 saturated heterocycles. The summed E-state index contributed by atoms with van der Waals surface area (Å²) < 4.78 is 6.78. The molecule has 8 heteroatoms. The van der Waals surface area contributed by atoms with E-state index >= 15 is 0 Å². The summed E-state index contributed by atoms with van der Waals surface area (Å²) in [6.07, 6.45) is 2.97. The summed E-state index contributed by atoms with van der Waals surface area (Å²) in [5.74, 6) is 0.263. The van der Waals surface area contributed by atoms with Crippen molar-refractivity contribution in [3.8, 4) is 5.75 Å². The topological polar surface area (TPSA) is 95.1 Å². The Morgan fingerprint density at radius 1 is 1.53 bits per heavy atom. The second-order valence-corrected chi connectivity index (χ2v) is 3.64. The number of benzene rings is 1. The van der Waals surface area contributed by atoms with E-state index in [2.05, 4.69) is 15.4 Å².